The van der Waals surface area contributed by atoms with Crippen LogP contribution in [-0.2, 0) is 21.0 Å². The van der Waals surface area contributed by atoms with Crippen LogP contribution in [0.4, 0.5) is 5.69 Å². The third-order valence-corrected chi connectivity index (χ3v) is 8.16. The van der Waals surface area contributed by atoms with Gasteiger partial charge in [0, 0.05) is 12.6 Å². The number of hydrogen-bond donors (Lipinski definition) is 0. The monoisotopic (exact) mass is 610 g/mol. The van der Waals surface area contributed by atoms with E-state index >= 15 is 0 Å². The summed E-state index contributed by atoms with van der Waals surface area (Å²) in [5.74, 6) is 2.23. The van der Waals surface area contributed by atoms with Gasteiger partial charge in [-0.2, -0.15) is 4.57 Å². The van der Waals surface area contributed by atoms with Gasteiger partial charge in [-0.15, -0.1) is 0 Å². The predicted octanol–water partition coefficient (Wildman–Crippen LogP) is 6.48. The Bertz CT molecular complexity index is 1890. The highest BCUT2D eigenvalue weighted by Crippen LogP contribution is 2.41. The zero-order valence-corrected chi connectivity index (χ0v) is 25.7. The van der Waals surface area contributed by atoms with E-state index in [-0.39, 0.29) is 5.75 Å². The van der Waals surface area contributed by atoms with E-state index in [0.717, 1.165) is 47.4 Å². The maximum atomic E-state index is 9.83. The highest BCUT2D eigenvalue weighted by atomic mass is 32.2. The molecule has 0 aliphatic carbocycles. The fraction of sp³-hybridized carbons (Fsp3) is 0.171. The van der Waals surface area contributed by atoms with Crippen molar-refractivity contribution >= 4 is 33.0 Å². The molecule has 5 aromatic rings. The first kappa shape index (κ1) is 30.7. The maximum Gasteiger partial charge on any atom is 0.374 e. The molecule has 0 unspecified atom stereocenters. The van der Waals surface area contributed by atoms with Gasteiger partial charge in [-0.3, -0.25) is 0 Å². The summed E-state index contributed by atoms with van der Waals surface area (Å²) in [5, 5.41) is 9.09. The second kappa shape index (κ2) is 13.7. The van der Waals surface area contributed by atoms with Crippen LogP contribution in [0.1, 0.15) is 26.7 Å². The molecule has 0 N–H and O–H groups in total. The van der Waals surface area contributed by atoms with Crippen LogP contribution in [0, 0.1) is 0 Å². The summed E-state index contributed by atoms with van der Waals surface area (Å²) in [6, 6.07) is 33.6. The molecule has 0 amide bonds. The number of nitrogens with zero attached hydrogens (tertiary/aromatic N) is 2. The Morgan fingerprint density at radius 3 is 2.05 bits per heavy atom. The Kier molecular flexibility index (Phi) is 9.59. The topological polar surface area (TPSA) is 95.9 Å². The van der Waals surface area contributed by atoms with Crippen molar-refractivity contribution in [2.75, 3.05) is 17.2 Å². The van der Waals surface area contributed by atoms with Gasteiger partial charge in [-0.1, -0.05) is 72.8 Å². The Hall–Kier alpha value is -4.70. The average molecular weight is 611 g/mol. The standard InChI is InChI=1S/C33H29N2O2.C2H6O4S/c1-3-34-28-22-26(24-12-7-5-8-13-24)18-20-30(28)36-32(34)16-11-17-33-35(4-2)29-23-27(19-21-31(29)37-33)25-14-9-6-10-15-25;1-2-7(4,5)6-3/h5-23H,3-4H2,1-2H3;3H,2H2,1H3/q+1;/p-1. The zero-order chi connectivity index (χ0) is 31.1. The molecule has 0 saturated heterocycles. The van der Waals surface area contributed by atoms with Crippen molar-refractivity contribution in [3.8, 4) is 28.0 Å². The van der Waals surface area contributed by atoms with E-state index in [4.69, 9.17) is 14.4 Å². The Labute approximate surface area is 257 Å². The summed E-state index contributed by atoms with van der Waals surface area (Å²) < 4.78 is 37.1. The van der Waals surface area contributed by atoms with Crippen LogP contribution in [0.2, 0.25) is 0 Å². The lowest BCUT2D eigenvalue weighted by atomic mass is 10.0. The molecule has 2 heterocycles. The predicted molar refractivity (Wildman–Crippen MR) is 171 cm³/mol. The van der Waals surface area contributed by atoms with E-state index in [1.165, 1.54) is 29.2 Å². The molecular weight excluding hydrogens is 576 g/mol. The van der Waals surface area contributed by atoms with Crippen LogP contribution in [0.3, 0.4) is 0 Å². The number of rotatable bonds is 8. The minimum Gasteiger partial charge on any atom is -0.707 e. The Morgan fingerprint density at radius 1 is 0.841 bits per heavy atom. The second-order valence-electron chi connectivity index (χ2n) is 9.91. The summed E-state index contributed by atoms with van der Waals surface area (Å²) >= 11 is 0. The Morgan fingerprint density at radius 2 is 1.48 bits per heavy atom. The van der Waals surface area contributed by atoms with Gasteiger partial charge in [0.2, 0.25) is 11.5 Å². The lowest BCUT2D eigenvalue weighted by Crippen LogP contribution is -2.33. The molecular formula is C35H34N2O6S. The van der Waals surface area contributed by atoms with Gasteiger partial charge in [0.05, 0.1) is 17.5 Å². The van der Waals surface area contributed by atoms with Crippen LogP contribution in [-0.4, -0.2) is 20.7 Å². The smallest absolute Gasteiger partial charge is 0.374 e. The molecule has 1 aromatic heterocycles. The lowest BCUT2D eigenvalue weighted by molar-refractivity contribution is -0.674. The van der Waals surface area contributed by atoms with Crippen LogP contribution in [0.15, 0.2) is 120 Å². The van der Waals surface area contributed by atoms with Crippen molar-refractivity contribution in [1.82, 2.24) is 0 Å². The quantitative estimate of drug-likeness (QED) is 0.113. The molecule has 8 nitrogen and oxygen atoms in total. The van der Waals surface area contributed by atoms with Crippen LogP contribution < -0.4 is 19.5 Å². The molecule has 1 aliphatic heterocycles. The minimum atomic E-state index is -3.71. The number of aromatic nitrogens is 1. The molecule has 44 heavy (non-hydrogen) atoms. The molecule has 0 saturated carbocycles. The normalized spacial score (nSPS) is 13.6. The van der Waals surface area contributed by atoms with Gasteiger partial charge in [0.25, 0.3) is 15.6 Å². The van der Waals surface area contributed by atoms with Crippen molar-refractivity contribution in [2.45, 2.75) is 27.3 Å². The van der Waals surface area contributed by atoms with Crippen molar-refractivity contribution in [3.63, 3.8) is 0 Å². The number of allylic oxidation sites excluding steroid dienone is 2. The summed E-state index contributed by atoms with van der Waals surface area (Å²) in [6.45, 7) is 7.23. The first-order valence-corrected chi connectivity index (χ1v) is 16.0. The SMILES string of the molecule is CCN1/C(=C/C=C/c2oc3ccc(-c4ccccc4)cc3[n+]2CC)Oc2ccc(-c3ccccc3)cc21.CCS(=O)(=O)O[O-]. The first-order chi connectivity index (χ1) is 21.4. The number of oxazole rings is 1. The molecule has 0 radical (unpaired) electrons. The molecule has 6 rings (SSSR count). The molecule has 0 spiro atoms. The number of ether oxygens (including phenoxy) is 1. The number of aryl methyl sites for hydroxylation is 1. The molecule has 1 aliphatic rings. The average Bonchev–Trinajstić information content (AvgIpc) is 3.61. The van der Waals surface area contributed by atoms with Crippen LogP contribution in [0.5, 0.6) is 5.75 Å². The molecule has 0 fully saturated rings. The van der Waals surface area contributed by atoms with Crippen molar-refractivity contribution in [3.05, 3.63) is 121 Å². The number of benzene rings is 4. The van der Waals surface area contributed by atoms with Crippen molar-refractivity contribution < 1.29 is 31.7 Å². The van der Waals surface area contributed by atoms with Crippen molar-refractivity contribution in [2.24, 2.45) is 0 Å². The number of hydrogen-bond acceptors (Lipinski definition) is 7. The van der Waals surface area contributed by atoms with E-state index in [1.807, 2.05) is 30.4 Å². The van der Waals surface area contributed by atoms with E-state index < -0.39 is 10.1 Å². The highest BCUT2D eigenvalue weighted by Gasteiger charge is 2.25. The summed E-state index contributed by atoms with van der Waals surface area (Å²) in [6.07, 6.45) is 6.02. The fourth-order valence-corrected chi connectivity index (χ4v) is 5.08. The summed E-state index contributed by atoms with van der Waals surface area (Å²) in [5.41, 5.74) is 7.81. The molecule has 226 valence electrons. The van der Waals surface area contributed by atoms with Gasteiger partial charge in [0.1, 0.15) is 6.54 Å². The molecule has 9 heteroatoms. The van der Waals surface area contributed by atoms with E-state index in [2.05, 4.69) is 113 Å². The van der Waals surface area contributed by atoms with Crippen LogP contribution in [0.25, 0.3) is 39.4 Å². The lowest BCUT2D eigenvalue weighted by Gasteiger charge is -2.15. The van der Waals surface area contributed by atoms with E-state index in [0.29, 0.717) is 0 Å². The number of anilines is 1. The van der Waals surface area contributed by atoms with Gasteiger partial charge in [0.15, 0.2) is 5.75 Å². The molecule has 0 bridgehead atoms. The zero-order valence-electron chi connectivity index (χ0n) is 24.8. The largest absolute Gasteiger partial charge is 0.707 e. The third kappa shape index (κ3) is 6.75. The molecule has 4 aromatic carbocycles. The minimum absolute atomic E-state index is 0.267. The van der Waals surface area contributed by atoms with E-state index in [1.54, 1.807) is 0 Å². The first-order valence-electron chi connectivity index (χ1n) is 14.5. The van der Waals surface area contributed by atoms with Gasteiger partial charge in [-0.25, -0.2) is 8.42 Å². The summed E-state index contributed by atoms with van der Waals surface area (Å²) in [7, 11) is -3.71. The van der Waals surface area contributed by atoms with Gasteiger partial charge in [-0.05, 0) is 73.4 Å². The summed E-state index contributed by atoms with van der Waals surface area (Å²) in [4.78, 5) is 2.20. The highest BCUT2D eigenvalue weighted by molar-refractivity contribution is 7.86. The maximum absolute atomic E-state index is 9.83. The molecule has 0 atom stereocenters. The van der Waals surface area contributed by atoms with Crippen LogP contribution >= 0.6 is 0 Å². The Balaban J connectivity index is 0.000000493. The second-order valence-corrected chi connectivity index (χ2v) is 11.7. The van der Waals surface area contributed by atoms with Gasteiger partial charge < -0.3 is 23.6 Å². The van der Waals surface area contributed by atoms with Gasteiger partial charge >= 0.3 is 5.89 Å². The van der Waals surface area contributed by atoms with Crippen molar-refractivity contribution in [1.29, 1.82) is 0 Å². The number of fused-ring (bicyclic) bond motifs is 2. The fourth-order valence-electron chi connectivity index (χ4n) is 4.98. The third-order valence-electron chi connectivity index (χ3n) is 7.24. The van der Waals surface area contributed by atoms with E-state index in [9.17, 15) is 8.42 Å².